The van der Waals surface area contributed by atoms with Gasteiger partial charge in [-0.3, -0.25) is 9.69 Å². The Morgan fingerprint density at radius 1 is 0.738 bits per heavy atom. The predicted octanol–water partition coefficient (Wildman–Crippen LogP) is 6.64. The number of nitrogens with zero attached hydrogens (tertiary/aromatic N) is 2. The van der Waals surface area contributed by atoms with E-state index in [1.54, 1.807) is 14.2 Å². The number of methoxy groups -OCH3 is 2. The molecule has 0 spiro atoms. The number of fused-ring (bicyclic) bond motifs is 1. The molecule has 42 heavy (non-hydrogen) atoms. The molecule has 5 aromatic rings. The van der Waals surface area contributed by atoms with Gasteiger partial charge in [-0.05, 0) is 40.5 Å². The second kappa shape index (κ2) is 12.5. The SMILES string of the molecule is COc1ccc(C(CC(=O)N2CCN(C(c3ccccc3)c3ccccc3)CC2)c2c[nH]c3ccccc23)cc1OC. The summed E-state index contributed by atoms with van der Waals surface area (Å²) >= 11 is 0. The average molecular weight is 560 g/mol. The van der Waals surface area contributed by atoms with Gasteiger partial charge in [-0.25, -0.2) is 0 Å². The molecule has 1 unspecified atom stereocenters. The van der Waals surface area contributed by atoms with Crippen LogP contribution in [0.15, 0.2) is 109 Å². The summed E-state index contributed by atoms with van der Waals surface area (Å²) < 4.78 is 11.1. The summed E-state index contributed by atoms with van der Waals surface area (Å²) in [6.07, 6.45) is 2.42. The Balaban J connectivity index is 1.24. The van der Waals surface area contributed by atoms with Crippen LogP contribution in [0.5, 0.6) is 11.5 Å². The van der Waals surface area contributed by atoms with Crippen molar-refractivity contribution in [2.75, 3.05) is 40.4 Å². The molecule has 2 heterocycles. The molecule has 1 aliphatic rings. The second-order valence-corrected chi connectivity index (χ2v) is 10.8. The van der Waals surface area contributed by atoms with Crippen LogP contribution in [0, 0.1) is 0 Å². The Morgan fingerprint density at radius 3 is 2.00 bits per heavy atom. The number of aromatic nitrogens is 1. The zero-order valence-corrected chi connectivity index (χ0v) is 24.2. The maximum atomic E-state index is 13.9. The molecule has 0 radical (unpaired) electrons. The minimum absolute atomic E-state index is 0.132. The van der Waals surface area contributed by atoms with E-state index in [4.69, 9.17) is 9.47 Å². The molecule has 6 heteroatoms. The molecular weight excluding hydrogens is 522 g/mol. The van der Waals surface area contributed by atoms with Crippen molar-refractivity contribution in [1.29, 1.82) is 0 Å². The molecule has 1 fully saturated rings. The van der Waals surface area contributed by atoms with Crippen molar-refractivity contribution in [3.63, 3.8) is 0 Å². The fourth-order valence-electron chi connectivity index (χ4n) is 6.28. The first-order valence-electron chi connectivity index (χ1n) is 14.6. The van der Waals surface area contributed by atoms with Crippen LogP contribution in [0.4, 0.5) is 0 Å². The lowest BCUT2D eigenvalue weighted by atomic mass is 9.87. The number of rotatable bonds is 9. The third-order valence-corrected chi connectivity index (χ3v) is 8.45. The molecule has 0 aliphatic carbocycles. The second-order valence-electron chi connectivity index (χ2n) is 10.8. The van der Waals surface area contributed by atoms with E-state index in [1.165, 1.54) is 11.1 Å². The number of piperazine rings is 1. The first kappa shape index (κ1) is 27.6. The molecule has 1 aromatic heterocycles. The van der Waals surface area contributed by atoms with E-state index < -0.39 is 0 Å². The van der Waals surface area contributed by atoms with Gasteiger partial charge in [0.05, 0.1) is 20.3 Å². The van der Waals surface area contributed by atoms with E-state index in [2.05, 4.69) is 82.7 Å². The zero-order chi connectivity index (χ0) is 28.9. The summed E-state index contributed by atoms with van der Waals surface area (Å²) in [5.41, 5.74) is 5.75. The van der Waals surface area contributed by atoms with Crippen molar-refractivity contribution >= 4 is 16.8 Å². The number of para-hydroxylation sites is 1. The highest BCUT2D eigenvalue weighted by Gasteiger charge is 2.30. The number of amides is 1. The fraction of sp³-hybridized carbons (Fsp3) is 0.250. The summed E-state index contributed by atoms with van der Waals surface area (Å²) in [6, 6.07) is 35.7. The molecule has 6 nitrogen and oxygen atoms in total. The Bertz CT molecular complexity index is 1590. The molecule has 214 valence electrons. The molecule has 1 amide bonds. The molecule has 6 rings (SSSR count). The van der Waals surface area contributed by atoms with E-state index in [0.717, 1.165) is 35.1 Å². The molecule has 1 atom stereocenters. The van der Waals surface area contributed by atoms with E-state index in [-0.39, 0.29) is 17.9 Å². The first-order chi connectivity index (χ1) is 20.7. The van der Waals surface area contributed by atoms with Crippen LogP contribution < -0.4 is 9.47 Å². The number of carbonyl (C=O) groups is 1. The molecule has 4 aromatic carbocycles. The lowest BCUT2D eigenvalue weighted by Gasteiger charge is -2.40. The van der Waals surface area contributed by atoms with Gasteiger partial charge >= 0.3 is 0 Å². The predicted molar refractivity (Wildman–Crippen MR) is 167 cm³/mol. The van der Waals surface area contributed by atoms with E-state index in [1.807, 2.05) is 41.4 Å². The van der Waals surface area contributed by atoms with Crippen LogP contribution in [-0.4, -0.2) is 61.1 Å². The van der Waals surface area contributed by atoms with Crippen LogP contribution in [-0.2, 0) is 4.79 Å². The fourth-order valence-corrected chi connectivity index (χ4v) is 6.28. The van der Waals surface area contributed by atoms with Gasteiger partial charge in [0.25, 0.3) is 0 Å². The summed E-state index contributed by atoms with van der Waals surface area (Å²) in [4.78, 5) is 21.9. The van der Waals surface area contributed by atoms with E-state index in [9.17, 15) is 4.79 Å². The Morgan fingerprint density at radius 2 is 1.36 bits per heavy atom. The van der Waals surface area contributed by atoms with E-state index >= 15 is 0 Å². The number of aromatic amines is 1. The standard InChI is InChI=1S/C36H37N3O3/c1-41-33-18-17-28(23-34(33)42-2)30(31-25-37-32-16-10-9-15-29(31)32)24-35(40)38-19-21-39(22-20-38)36(26-11-5-3-6-12-26)27-13-7-4-8-14-27/h3-18,23,25,30,36-37H,19-22,24H2,1-2H3. The highest BCUT2D eigenvalue weighted by Crippen LogP contribution is 2.38. The van der Waals surface area contributed by atoms with Crippen molar-refractivity contribution < 1.29 is 14.3 Å². The molecule has 1 aliphatic heterocycles. The number of carbonyl (C=O) groups excluding carboxylic acids is 1. The van der Waals surface area contributed by atoms with Crippen molar-refractivity contribution in [3.8, 4) is 11.5 Å². The Labute approximate surface area is 247 Å². The monoisotopic (exact) mass is 559 g/mol. The summed E-state index contributed by atoms with van der Waals surface area (Å²) in [5.74, 6) is 1.37. The largest absolute Gasteiger partial charge is 0.493 e. The number of nitrogens with one attached hydrogen (secondary N) is 1. The lowest BCUT2D eigenvalue weighted by molar-refractivity contribution is -0.133. The van der Waals surface area contributed by atoms with Crippen molar-refractivity contribution in [2.45, 2.75) is 18.4 Å². The van der Waals surface area contributed by atoms with Crippen LogP contribution in [0.2, 0.25) is 0 Å². The Kier molecular flexibility index (Phi) is 8.24. The number of hydrogen-bond donors (Lipinski definition) is 1. The number of H-pyrrole nitrogens is 1. The number of hydrogen-bond acceptors (Lipinski definition) is 4. The van der Waals surface area contributed by atoms with Gasteiger partial charge in [-0.2, -0.15) is 0 Å². The quantitative estimate of drug-likeness (QED) is 0.220. The first-order valence-corrected chi connectivity index (χ1v) is 14.6. The minimum Gasteiger partial charge on any atom is -0.493 e. The van der Waals surface area contributed by atoms with Gasteiger partial charge < -0.3 is 19.4 Å². The van der Waals surface area contributed by atoms with Gasteiger partial charge in [-0.15, -0.1) is 0 Å². The van der Waals surface area contributed by atoms with Crippen LogP contribution in [0.3, 0.4) is 0 Å². The molecular formula is C36H37N3O3. The van der Waals surface area contributed by atoms with Crippen LogP contribution >= 0.6 is 0 Å². The number of benzene rings is 4. The smallest absolute Gasteiger partial charge is 0.223 e. The molecule has 1 N–H and O–H groups in total. The summed E-state index contributed by atoms with van der Waals surface area (Å²) in [5, 5.41) is 1.13. The minimum atomic E-state index is -0.132. The number of ether oxygens (including phenoxy) is 2. The highest BCUT2D eigenvalue weighted by atomic mass is 16.5. The summed E-state index contributed by atoms with van der Waals surface area (Å²) in [6.45, 7) is 3.02. The van der Waals surface area contributed by atoms with Crippen molar-refractivity contribution in [3.05, 3.63) is 132 Å². The van der Waals surface area contributed by atoms with Crippen LogP contribution in [0.1, 0.15) is 40.6 Å². The maximum absolute atomic E-state index is 13.9. The van der Waals surface area contributed by atoms with Gasteiger partial charge in [-0.1, -0.05) is 84.9 Å². The van der Waals surface area contributed by atoms with Gasteiger partial charge in [0.2, 0.25) is 5.91 Å². The zero-order valence-electron chi connectivity index (χ0n) is 24.2. The average Bonchev–Trinajstić information content (AvgIpc) is 3.48. The molecule has 0 bridgehead atoms. The highest BCUT2D eigenvalue weighted by molar-refractivity contribution is 5.86. The lowest BCUT2D eigenvalue weighted by Crippen LogP contribution is -2.50. The van der Waals surface area contributed by atoms with Gasteiger partial charge in [0.1, 0.15) is 0 Å². The third-order valence-electron chi connectivity index (χ3n) is 8.45. The van der Waals surface area contributed by atoms with E-state index in [0.29, 0.717) is 31.0 Å². The normalized spacial score (nSPS) is 14.7. The van der Waals surface area contributed by atoms with Crippen molar-refractivity contribution in [1.82, 2.24) is 14.8 Å². The van der Waals surface area contributed by atoms with Crippen LogP contribution in [0.25, 0.3) is 10.9 Å². The van der Waals surface area contributed by atoms with Gasteiger partial charge in [0.15, 0.2) is 11.5 Å². The topological polar surface area (TPSA) is 57.8 Å². The third kappa shape index (κ3) is 5.63. The molecule has 0 saturated carbocycles. The Hall–Kier alpha value is -4.55. The molecule has 1 saturated heterocycles. The maximum Gasteiger partial charge on any atom is 0.223 e. The van der Waals surface area contributed by atoms with Crippen molar-refractivity contribution in [2.24, 2.45) is 0 Å². The van der Waals surface area contributed by atoms with Gasteiger partial charge in [0, 0.05) is 55.6 Å². The summed E-state index contributed by atoms with van der Waals surface area (Å²) in [7, 11) is 3.28.